The van der Waals surface area contributed by atoms with Crippen molar-refractivity contribution in [3.05, 3.63) is 56.5 Å². The van der Waals surface area contributed by atoms with E-state index in [2.05, 4.69) is 71.1 Å². The minimum absolute atomic E-state index is 0.174. The maximum absolute atomic E-state index is 12.7. The van der Waals surface area contributed by atoms with Crippen LogP contribution in [0.5, 0.6) is 5.75 Å². The van der Waals surface area contributed by atoms with Crippen molar-refractivity contribution in [1.82, 2.24) is 14.4 Å². The molecule has 0 aliphatic heterocycles. The highest BCUT2D eigenvalue weighted by atomic mass is 127. The number of thiazole rings is 1. The Morgan fingerprint density at radius 3 is 2.88 bits per heavy atom. The van der Waals surface area contributed by atoms with E-state index in [1.54, 1.807) is 12.3 Å². The van der Waals surface area contributed by atoms with Crippen molar-refractivity contribution < 1.29 is 5.11 Å². The molecule has 5 nitrogen and oxygen atoms in total. The van der Waals surface area contributed by atoms with Crippen LogP contribution in [0, 0.1) is 7.14 Å². The first-order valence-electron chi connectivity index (χ1n) is 6.60. The van der Waals surface area contributed by atoms with Gasteiger partial charge in [0.15, 0.2) is 10.6 Å². The highest BCUT2D eigenvalue weighted by molar-refractivity contribution is 14.1. The topological polar surface area (TPSA) is 67.5 Å². The van der Waals surface area contributed by atoms with E-state index in [0.29, 0.717) is 26.2 Å². The van der Waals surface area contributed by atoms with Crippen LogP contribution in [0.2, 0.25) is 0 Å². The van der Waals surface area contributed by atoms with Crippen molar-refractivity contribution in [2.45, 2.75) is 0 Å². The van der Waals surface area contributed by atoms with E-state index in [1.807, 2.05) is 18.2 Å². The number of pyridine rings is 1. The Balaban J connectivity index is 2.02. The quantitative estimate of drug-likeness (QED) is 0.329. The summed E-state index contributed by atoms with van der Waals surface area (Å²) in [4.78, 5) is 22.1. The van der Waals surface area contributed by atoms with Crippen LogP contribution < -0.4 is 10.1 Å². The largest absolute Gasteiger partial charge is 0.506 e. The molecular formula is C15H6BrI2N3O2S. The molecule has 0 bridgehead atoms. The number of aromatic hydroxyl groups is 1. The van der Waals surface area contributed by atoms with Crippen molar-refractivity contribution in [3.63, 3.8) is 0 Å². The first kappa shape index (κ1) is 16.7. The minimum atomic E-state index is -0.180. The average Bonchev–Trinajstić information content (AvgIpc) is 3.01. The third-order valence-electron chi connectivity index (χ3n) is 3.39. The van der Waals surface area contributed by atoms with Crippen LogP contribution >= 0.6 is 72.4 Å². The number of phenolic OH excluding ortho intramolecular Hbond substituents is 1. The van der Waals surface area contributed by atoms with Crippen molar-refractivity contribution >= 4 is 94.6 Å². The molecule has 3 aromatic heterocycles. The van der Waals surface area contributed by atoms with Gasteiger partial charge in [0.1, 0.15) is 11.3 Å². The van der Waals surface area contributed by atoms with Crippen molar-refractivity contribution in [1.29, 1.82) is 0 Å². The number of halogens is 3. The molecule has 4 aromatic rings. The minimum Gasteiger partial charge on any atom is -0.506 e. The van der Waals surface area contributed by atoms with Gasteiger partial charge in [0, 0.05) is 19.8 Å². The van der Waals surface area contributed by atoms with E-state index in [4.69, 9.17) is 0 Å². The first-order chi connectivity index (χ1) is 11.4. The molecule has 120 valence electrons. The van der Waals surface area contributed by atoms with Crippen LogP contribution in [-0.4, -0.2) is 19.5 Å². The number of phenols is 1. The second-order valence-electron chi connectivity index (χ2n) is 4.97. The predicted molar refractivity (Wildman–Crippen MR) is 115 cm³/mol. The summed E-state index contributed by atoms with van der Waals surface area (Å²) in [6, 6.07) is 5.55. The lowest BCUT2D eigenvalue weighted by Gasteiger charge is -2.02. The Hall–Kier alpha value is -0.790. The lowest BCUT2D eigenvalue weighted by atomic mass is 10.2. The molecule has 0 unspecified atom stereocenters. The molecule has 4 rings (SSSR count). The molecule has 1 aromatic carbocycles. The number of rotatable bonds is 1. The van der Waals surface area contributed by atoms with E-state index < -0.39 is 0 Å². The molecule has 0 amide bonds. The van der Waals surface area contributed by atoms with Gasteiger partial charge in [0.2, 0.25) is 0 Å². The zero-order valence-corrected chi connectivity index (χ0v) is 18.3. The molecule has 9 heteroatoms. The van der Waals surface area contributed by atoms with Gasteiger partial charge < -0.3 is 5.11 Å². The van der Waals surface area contributed by atoms with Crippen molar-refractivity contribution in [2.24, 2.45) is 0 Å². The summed E-state index contributed by atoms with van der Waals surface area (Å²) in [6.07, 6.45) is 3.34. The van der Waals surface area contributed by atoms with Gasteiger partial charge in [0.05, 0.1) is 8.10 Å². The Kier molecular flexibility index (Phi) is 4.29. The maximum Gasteiger partial charge on any atom is 0.276 e. The normalized spacial score (nSPS) is 12.5. The van der Waals surface area contributed by atoms with Gasteiger partial charge in [-0.15, -0.1) is 0 Å². The molecule has 3 heterocycles. The van der Waals surface area contributed by atoms with Gasteiger partial charge >= 0.3 is 0 Å². The number of aromatic nitrogens is 3. The molecule has 0 fully saturated rings. The smallest absolute Gasteiger partial charge is 0.276 e. The van der Waals surface area contributed by atoms with Crippen molar-refractivity contribution in [2.75, 3.05) is 0 Å². The third-order valence-corrected chi connectivity index (χ3v) is 6.24. The van der Waals surface area contributed by atoms with Gasteiger partial charge in [-0.2, -0.15) is 0 Å². The number of hydrogen-bond acceptors (Lipinski definition) is 5. The monoisotopic (exact) mass is 625 g/mol. The molecule has 1 N–H and O–H groups in total. The van der Waals surface area contributed by atoms with Gasteiger partial charge in [-0.3, -0.25) is 4.79 Å². The van der Waals surface area contributed by atoms with Crippen LogP contribution in [0.15, 0.2) is 33.7 Å². The Labute approximate surface area is 174 Å². The molecule has 0 aliphatic carbocycles. The summed E-state index contributed by atoms with van der Waals surface area (Å²) in [5.74, 6) is 0.174. The molecule has 0 atom stereocenters. The van der Waals surface area contributed by atoms with Crippen LogP contribution in [0.25, 0.3) is 22.2 Å². The second-order valence-corrected chi connectivity index (χ2v) is 9.30. The average molecular weight is 626 g/mol. The lowest BCUT2D eigenvalue weighted by Crippen LogP contribution is -2.23. The number of benzene rings is 1. The highest BCUT2D eigenvalue weighted by Crippen LogP contribution is 2.27. The van der Waals surface area contributed by atoms with Crippen LogP contribution in [0.1, 0.15) is 5.56 Å². The van der Waals surface area contributed by atoms with Crippen molar-refractivity contribution in [3.8, 4) is 5.75 Å². The van der Waals surface area contributed by atoms with E-state index in [-0.39, 0.29) is 11.3 Å². The fourth-order valence-electron chi connectivity index (χ4n) is 2.35. The van der Waals surface area contributed by atoms with E-state index in [0.717, 1.165) is 11.6 Å². The standard InChI is InChI=1S/C15H6BrI2N3O2S/c16-7-3-10-13(19-5-7)21-14(23)11(24-15(21)20-10)2-6-1-8(17)4-9(18)12(6)22/h1-5,22H/b11-2-. The van der Waals surface area contributed by atoms with Gasteiger partial charge in [-0.1, -0.05) is 11.3 Å². The molecule has 0 radical (unpaired) electrons. The summed E-state index contributed by atoms with van der Waals surface area (Å²) in [7, 11) is 0. The fourth-order valence-corrected chi connectivity index (χ4v) is 5.53. The Morgan fingerprint density at radius 1 is 1.29 bits per heavy atom. The molecular weight excluding hydrogens is 620 g/mol. The van der Waals surface area contributed by atoms with Gasteiger partial charge in [-0.05, 0) is 85.4 Å². The van der Waals surface area contributed by atoms with Crippen LogP contribution in [0.4, 0.5) is 0 Å². The SMILES string of the molecule is O=c1/c(=C/c2cc(I)cc(I)c2O)sc2nc3cc(Br)cnc3n12. The van der Waals surface area contributed by atoms with Crippen LogP contribution in [0.3, 0.4) is 0 Å². The number of hydrogen-bond donors (Lipinski definition) is 1. The molecule has 24 heavy (non-hydrogen) atoms. The van der Waals surface area contributed by atoms with E-state index in [1.165, 1.54) is 15.7 Å². The first-order valence-corrected chi connectivity index (χ1v) is 10.4. The highest BCUT2D eigenvalue weighted by Gasteiger charge is 2.13. The summed E-state index contributed by atoms with van der Waals surface area (Å²) >= 11 is 8.90. The fraction of sp³-hybridized carbons (Fsp3) is 0. The third kappa shape index (κ3) is 2.74. The Bertz CT molecular complexity index is 1240. The zero-order chi connectivity index (χ0) is 17.0. The Morgan fingerprint density at radius 2 is 2.08 bits per heavy atom. The predicted octanol–water partition coefficient (Wildman–Crippen LogP) is 3.53. The van der Waals surface area contributed by atoms with Gasteiger partial charge in [-0.25, -0.2) is 14.4 Å². The number of fused-ring (bicyclic) bond motifs is 3. The number of nitrogens with zero attached hydrogens (tertiary/aromatic N) is 3. The molecule has 0 aliphatic rings. The van der Waals surface area contributed by atoms with E-state index >= 15 is 0 Å². The molecule has 0 saturated carbocycles. The molecule has 0 saturated heterocycles. The lowest BCUT2D eigenvalue weighted by molar-refractivity contribution is 0.470. The van der Waals surface area contributed by atoms with E-state index in [9.17, 15) is 9.90 Å². The molecule has 0 spiro atoms. The maximum atomic E-state index is 12.7. The second kappa shape index (κ2) is 6.18. The summed E-state index contributed by atoms with van der Waals surface area (Å²) in [5, 5.41) is 10.2. The summed E-state index contributed by atoms with van der Waals surface area (Å²) in [6.45, 7) is 0. The summed E-state index contributed by atoms with van der Waals surface area (Å²) < 4.78 is 4.58. The zero-order valence-electron chi connectivity index (χ0n) is 11.6. The number of imidazole rings is 1. The van der Waals surface area contributed by atoms with Gasteiger partial charge in [0.25, 0.3) is 5.56 Å². The van der Waals surface area contributed by atoms with Crippen LogP contribution in [-0.2, 0) is 0 Å². The summed E-state index contributed by atoms with van der Waals surface area (Å²) in [5.41, 5.74) is 1.65.